The van der Waals surface area contributed by atoms with Crippen molar-refractivity contribution >= 4 is 12.1 Å². The number of Topliss-reactive ketones (excluding diaryl/α,β-unsaturated/α-hetero) is 1. The minimum atomic E-state index is 0.158. The van der Waals surface area contributed by atoms with Crippen molar-refractivity contribution in [1.82, 2.24) is 0 Å². The van der Waals surface area contributed by atoms with Crippen molar-refractivity contribution in [2.75, 3.05) is 0 Å². The largest absolute Gasteiger partial charge is 0.300 e. The molecule has 0 fully saturated rings. The Morgan fingerprint density at radius 2 is 1.95 bits per heavy atom. The zero-order valence-corrected chi connectivity index (χ0v) is 11.1. The van der Waals surface area contributed by atoms with Crippen molar-refractivity contribution in [2.45, 2.75) is 20.3 Å². The average molecular weight is 252 g/mol. The van der Waals surface area contributed by atoms with Gasteiger partial charge in [0.1, 0.15) is 12.1 Å². The zero-order chi connectivity index (χ0) is 13.8. The molecule has 0 aliphatic rings. The van der Waals surface area contributed by atoms with Gasteiger partial charge in [-0.15, -0.1) is 0 Å². The number of hydrogen-bond donors (Lipinski definition) is 0. The highest BCUT2D eigenvalue weighted by atomic mass is 16.1. The number of aryl methyl sites for hydroxylation is 1. The van der Waals surface area contributed by atoms with Crippen LogP contribution in [0.25, 0.3) is 11.1 Å². The summed E-state index contributed by atoms with van der Waals surface area (Å²) in [5.41, 5.74) is 4.93. The third kappa shape index (κ3) is 3.16. The number of rotatable bonds is 4. The van der Waals surface area contributed by atoms with Crippen molar-refractivity contribution in [1.29, 1.82) is 0 Å². The van der Waals surface area contributed by atoms with Crippen LogP contribution >= 0.6 is 0 Å². The van der Waals surface area contributed by atoms with Crippen LogP contribution in [-0.2, 0) is 11.2 Å². The summed E-state index contributed by atoms with van der Waals surface area (Å²) < 4.78 is 0. The van der Waals surface area contributed by atoms with Gasteiger partial charge in [-0.1, -0.05) is 36.4 Å². The molecule has 2 rings (SSSR count). The molecule has 0 atom stereocenters. The van der Waals surface area contributed by atoms with Crippen LogP contribution in [0.3, 0.4) is 0 Å². The van der Waals surface area contributed by atoms with E-state index in [1.54, 1.807) is 6.92 Å². The fourth-order valence-corrected chi connectivity index (χ4v) is 2.22. The highest BCUT2D eigenvalue weighted by molar-refractivity contribution is 5.80. The fraction of sp³-hybridized carbons (Fsp3) is 0.176. The summed E-state index contributed by atoms with van der Waals surface area (Å²) in [4.78, 5) is 21.9. The molecule has 0 radical (unpaired) electrons. The molecule has 0 unspecified atom stereocenters. The van der Waals surface area contributed by atoms with E-state index < -0.39 is 0 Å². The molecule has 0 aromatic heterocycles. The lowest BCUT2D eigenvalue weighted by atomic mass is 9.96. The Morgan fingerprint density at radius 3 is 2.58 bits per heavy atom. The van der Waals surface area contributed by atoms with E-state index in [1.807, 2.05) is 49.4 Å². The van der Waals surface area contributed by atoms with Gasteiger partial charge in [0.2, 0.25) is 0 Å². The van der Waals surface area contributed by atoms with Gasteiger partial charge >= 0.3 is 0 Å². The van der Waals surface area contributed by atoms with Crippen LogP contribution in [0.1, 0.15) is 28.4 Å². The van der Waals surface area contributed by atoms with E-state index in [9.17, 15) is 9.59 Å². The summed E-state index contributed by atoms with van der Waals surface area (Å²) in [6, 6.07) is 13.6. The Hall–Kier alpha value is -2.22. The van der Waals surface area contributed by atoms with Crippen molar-refractivity contribution in [3.05, 3.63) is 59.2 Å². The lowest BCUT2D eigenvalue weighted by Gasteiger charge is -2.08. The second-order valence-electron chi connectivity index (χ2n) is 4.77. The van der Waals surface area contributed by atoms with Crippen LogP contribution in [0.4, 0.5) is 0 Å². The average Bonchev–Trinajstić information content (AvgIpc) is 2.38. The molecule has 2 heteroatoms. The lowest BCUT2D eigenvalue weighted by molar-refractivity contribution is -0.116. The van der Waals surface area contributed by atoms with E-state index in [0.717, 1.165) is 28.5 Å². The van der Waals surface area contributed by atoms with Gasteiger partial charge in [0.15, 0.2) is 0 Å². The minimum absolute atomic E-state index is 0.158. The summed E-state index contributed by atoms with van der Waals surface area (Å²) >= 11 is 0. The molecular weight excluding hydrogens is 236 g/mol. The molecule has 0 aliphatic carbocycles. The predicted octanol–water partition coefficient (Wildman–Crippen LogP) is 3.61. The first-order valence-corrected chi connectivity index (χ1v) is 6.25. The third-order valence-corrected chi connectivity index (χ3v) is 3.08. The van der Waals surface area contributed by atoms with Gasteiger partial charge in [0.05, 0.1) is 0 Å². The number of ketones is 1. The maximum absolute atomic E-state index is 11.2. The molecule has 0 N–H and O–H groups in total. The highest BCUT2D eigenvalue weighted by Crippen LogP contribution is 2.25. The monoisotopic (exact) mass is 252 g/mol. The summed E-state index contributed by atoms with van der Waals surface area (Å²) in [6.45, 7) is 3.58. The first kappa shape index (κ1) is 13.2. The zero-order valence-electron chi connectivity index (χ0n) is 11.1. The molecule has 0 amide bonds. The second kappa shape index (κ2) is 5.61. The maximum atomic E-state index is 11.2. The highest BCUT2D eigenvalue weighted by Gasteiger charge is 2.05. The summed E-state index contributed by atoms with van der Waals surface area (Å²) in [5.74, 6) is 0.158. The summed E-state index contributed by atoms with van der Waals surface area (Å²) in [5, 5.41) is 0. The number of hydrogen-bond acceptors (Lipinski definition) is 2. The summed E-state index contributed by atoms with van der Waals surface area (Å²) in [7, 11) is 0. The van der Waals surface area contributed by atoms with Crippen LogP contribution in [0.15, 0.2) is 42.5 Å². The Kier molecular flexibility index (Phi) is 3.91. The number of carbonyl (C=O) groups excluding carboxylic acids is 2. The van der Waals surface area contributed by atoms with Crippen molar-refractivity contribution in [3.8, 4) is 11.1 Å². The van der Waals surface area contributed by atoms with Gasteiger partial charge in [-0.3, -0.25) is 9.59 Å². The molecule has 2 aromatic carbocycles. The number of aldehydes is 1. The predicted molar refractivity (Wildman–Crippen MR) is 76.4 cm³/mol. The Labute approximate surface area is 113 Å². The second-order valence-corrected chi connectivity index (χ2v) is 4.77. The van der Waals surface area contributed by atoms with Crippen LogP contribution in [0.5, 0.6) is 0 Å². The van der Waals surface area contributed by atoms with E-state index in [-0.39, 0.29) is 5.78 Å². The molecule has 0 bridgehead atoms. The van der Waals surface area contributed by atoms with Gasteiger partial charge in [-0.05, 0) is 42.2 Å². The number of carbonyl (C=O) groups is 2. The Morgan fingerprint density at radius 1 is 1.16 bits per heavy atom. The number of benzene rings is 2. The van der Waals surface area contributed by atoms with E-state index >= 15 is 0 Å². The molecule has 0 spiro atoms. The van der Waals surface area contributed by atoms with Gasteiger partial charge < -0.3 is 0 Å². The molecule has 96 valence electrons. The quantitative estimate of drug-likeness (QED) is 0.779. The van der Waals surface area contributed by atoms with Crippen LogP contribution < -0.4 is 0 Å². The summed E-state index contributed by atoms with van der Waals surface area (Å²) in [6.07, 6.45) is 1.31. The topological polar surface area (TPSA) is 34.1 Å². The van der Waals surface area contributed by atoms with Gasteiger partial charge in [-0.2, -0.15) is 0 Å². The van der Waals surface area contributed by atoms with Crippen LogP contribution in [-0.4, -0.2) is 12.1 Å². The lowest BCUT2D eigenvalue weighted by Crippen LogP contribution is -1.96. The molecule has 19 heavy (non-hydrogen) atoms. The molecule has 0 aliphatic heterocycles. The molecule has 0 saturated heterocycles. The van der Waals surface area contributed by atoms with E-state index in [2.05, 4.69) is 0 Å². The first-order valence-electron chi connectivity index (χ1n) is 6.25. The minimum Gasteiger partial charge on any atom is -0.300 e. The smallest absolute Gasteiger partial charge is 0.150 e. The van der Waals surface area contributed by atoms with Crippen molar-refractivity contribution in [3.63, 3.8) is 0 Å². The van der Waals surface area contributed by atoms with E-state index in [0.29, 0.717) is 12.0 Å². The first-order chi connectivity index (χ1) is 9.10. The fourth-order valence-electron chi connectivity index (χ4n) is 2.22. The normalized spacial score (nSPS) is 10.2. The third-order valence-electron chi connectivity index (χ3n) is 3.08. The Bertz CT molecular complexity index is 627. The van der Waals surface area contributed by atoms with Crippen molar-refractivity contribution in [2.24, 2.45) is 0 Å². The van der Waals surface area contributed by atoms with Crippen molar-refractivity contribution < 1.29 is 9.59 Å². The van der Waals surface area contributed by atoms with Gasteiger partial charge in [0, 0.05) is 12.0 Å². The maximum Gasteiger partial charge on any atom is 0.150 e. The molecule has 2 nitrogen and oxygen atoms in total. The van der Waals surface area contributed by atoms with Crippen LogP contribution in [0.2, 0.25) is 0 Å². The Balaban J connectivity index is 2.41. The SMILES string of the molecule is CC(=O)Cc1cccc(-c2ccc(C=O)cc2C)c1. The molecule has 0 saturated carbocycles. The van der Waals surface area contributed by atoms with Gasteiger partial charge in [0.25, 0.3) is 0 Å². The van der Waals surface area contributed by atoms with Gasteiger partial charge in [-0.25, -0.2) is 0 Å². The molecule has 0 heterocycles. The van der Waals surface area contributed by atoms with E-state index in [4.69, 9.17) is 0 Å². The van der Waals surface area contributed by atoms with Crippen LogP contribution in [0, 0.1) is 6.92 Å². The molecular formula is C17H16O2. The standard InChI is InChI=1S/C17H16O2/c1-12-8-15(11-18)6-7-17(12)16-5-3-4-14(10-16)9-13(2)19/h3-8,10-11H,9H2,1-2H3. The molecule has 2 aromatic rings. The van der Waals surface area contributed by atoms with E-state index in [1.165, 1.54) is 0 Å².